The predicted molar refractivity (Wildman–Crippen MR) is 49.9 cm³/mol. The quantitative estimate of drug-likeness (QED) is 0.279. The number of ether oxygens (including phenoxy) is 1. The number of aliphatic hydroxyl groups excluding tert-OH is 1. The van der Waals surface area contributed by atoms with Crippen molar-refractivity contribution in [2.45, 2.75) is 19.6 Å². The third-order valence-electron chi connectivity index (χ3n) is 1.50. The van der Waals surface area contributed by atoms with E-state index < -0.39 is 18.2 Å². The van der Waals surface area contributed by atoms with Crippen LogP contribution in [0.15, 0.2) is 24.3 Å². The van der Waals surface area contributed by atoms with Crippen LogP contribution >= 0.6 is 0 Å². The number of esters is 1. The summed E-state index contributed by atoms with van der Waals surface area (Å²) in [5, 5.41) is 8.97. The summed E-state index contributed by atoms with van der Waals surface area (Å²) in [5.41, 5.74) is 4.40. The van der Waals surface area contributed by atoms with Gasteiger partial charge in [0.15, 0.2) is 0 Å². The average molecular weight is 199 g/mol. The minimum atomic E-state index is -1.21. The normalized spacial score (nSPS) is 11.6. The Morgan fingerprint density at radius 2 is 1.93 bits per heavy atom. The van der Waals surface area contributed by atoms with E-state index >= 15 is 0 Å². The molecule has 0 rings (SSSR count). The van der Waals surface area contributed by atoms with Gasteiger partial charge in [0.25, 0.3) is 0 Å². The summed E-state index contributed by atoms with van der Waals surface area (Å²) >= 11 is 0. The van der Waals surface area contributed by atoms with E-state index in [0.29, 0.717) is 0 Å². The molecular formula is C9H13NO4. The molecule has 3 N–H and O–H groups in total. The molecule has 0 saturated carbocycles. The molecule has 14 heavy (non-hydrogen) atoms. The number of carbonyl (C=O) groups excluding carboxylic acids is 2. The van der Waals surface area contributed by atoms with Gasteiger partial charge in [0, 0.05) is 12.0 Å². The molecule has 0 spiro atoms. The fourth-order valence-electron chi connectivity index (χ4n) is 0.550. The monoisotopic (exact) mass is 199 g/mol. The maximum atomic E-state index is 11.1. The molecule has 5 heteroatoms. The Hall–Kier alpha value is -1.62. The first kappa shape index (κ1) is 12.4. The van der Waals surface area contributed by atoms with Crippen molar-refractivity contribution in [1.29, 1.82) is 0 Å². The van der Waals surface area contributed by atoms with E-state index in [1.165, 1.54) is 0 Å². The first-order chi connectivity index (χ1) is 6.40. The summed E-state index contributed by atoms with van der Waals surface area (Å²) in [6.07, 6.45) is -0.956. The molecule has 0 saturated heterocycles. The molecule has 5 nitrogen and oxygen atoms in total. The highest BCUT2D eigenvalue weighted by Crippen LogP contribution is 2.08. The lowest BCUT2D eigenvalue weighted by Crippen LogP contribution is -2.22. The van der Waals surface area contributed by atoms with Gasteiger partial charge in [-0.1, -0.05) is 20.1 Å². The van der Waals surface area contributed by atoms with Crippen molar-refractivity contribution in [3.63, 3.8) is 0 Å². The van der Waals surface area contributed by atoms with Crippen molar-refractivity contribution in [3.05, 3.63) is 24.3 Å². The predicted octanol–water partition coefficient (Wildman–Crippen LogP) is -0.144. The number of rotatable bonds is 5. The van der Waals surface area contributed by atoms with Crippen molar-refractivity contribution in [2.75, 3.05) is 0 Å². The van der Waals surface area contributed by atoms with Gasteiger partial charge in [-0.25, -0.2) is 4.79 Å². The highest BCUT2D eigenvalue weighted by Gasteiger charge is 2.18. The Morgan fingerprint density at radius 3 is 2.29 bits per heavy atom. The molecule has 0 aliphatic carbocycles. The molecule has 0 aromatic rings. The van der Waals surface area contributed by atoms with Gasteiger partial charge < -0.3 is 15.6 Å². The van der Waals surface area contributed by atoms with Crippen LogP contribution in [-0.4, -0.2) is 23.3 Å². The van der Waals surface area contributed by atoms with Gasteiger partial charge in [-0.15, -0.1) is 0 Å². The van der Waals surface area contributed by atoms with Gasteiger partial charge in [-0.05, 0) is 0 Å². The SMILES string of the molecule is C=C(C(=C)C(=O)OC(O)CC)C(N)=O. The summed E-state index contributed by atoms with van der Waals surface area (Å²) in [7, 11) is 0. The van der Waals surface area contributed by atoms with Crippen molar-refractivity contribution < 1.29 is 19.4 Å². The third-order valence-corrected chi connectivity index (χ3v) is 1.50. The largest absolute Gasteiger partial charge is 0.432 e. The van der Waals surface area contributed by atoms with Crippen LogP contribution < -0.4 is 5.73 Å². The molecule has 0 fully saturated rings. The van der Waals surface area contributed by atoms with E-state index in [4.69, 9.17) is 10.8 Å². The molecule has 0 aromatic carbocycles. The summed E-state index contributed by atoms with van der Waals surface area (Å²) in [6, 6.07) is 0. The number of amides is 1. The van der Waals surface area contributed by atoms with E-state index in [1.54, 1.807) is 6.92 Å². The summed E-state index contributed by atoms with van der Waals surface area (Å²) in [5.74, 6) is -1.75. The minimum absolute atomic E-state index is 0.224. The molecule has 0 radical (unpaired) electrons. The molecule has 0 aliphatic heterocycles. The Bertz CT molecular complexity index is 283. The smallest absolute Gasteiger partial charge is 0.340 e. The second-order valence-electron chi connectivity index (χ2n) is 2.59. The maximum Gasteiger partial charge on any atom is 0.340 e. The number of carbonyl (C=O) groups is 2. The molecule has 0 bridgehead atoms. The molecular weight excluding hydrogens is 186 g/mol. The van der Waals surface area contributed by atoms with E-state index in [1.807, 2.05) is 0 Å². The summed E-state index contributed by atoms with van der Waals surface area (Å²) in [4.78, 5) is 21.7. The van der Waals surface area contributed by atoms with Crippen molar-refractivity contribution in [3.8, 4) is 0 Å². The maximum absolute atomic E-state index is 11.1. The second kappa shape index (κ2) is 5.18. The number of nitrogens with two attached hydrogens (primary N) is 1. The lowest BCUT2D eigenvalue weighted by atomic mass is 10.1. The van der Waals surface area contributed by atoms with E-state index in [-0.39, 0.29) is 17.6 Å². The molecule has 0 aromatic heterocycles. The molecule has 1 atom stereocenters. The first-order valence-electron chi connectivity index (χ1n) is 3.97. The lowest BCUT2D eigenvalue weighted by molar-refractivity contribution is -0.162. The van der Waals surface area contributed by atoms with Crippen LogP contribution in [-0.2, 0) is 14.3 Å². The lowest BCUT2D eigenvalue weighted by Gasteiger charge is -2.10. The third kappa shape index (κ3) is 3.40. The van der Waals surface area contributed by atoms with Crippen molar-refractivity contribution in [2.24, 2.45) is 5.73 Å². The van der Waals surface area contributed by atoms with E-state index in [9.17, 15) is 9.59 Å². The van der Waals surface area contributed by atoms with Crippen LogP contribution in [0.1, 0.15) is 13.3 Å². The zero-order chi connectivity index (χ0) is 11.3. The van der Waals surface area contributed by atoms with Crippen molar-refractivity contribution >= 4 is 11.9 Å². The average Bonchev–Trinajstić information content (AvgIpc) is 2.14. The number of hydrogen-bond acceptors (Lipinski definition) is 4. The minimum Gasteiger partial charge on any atom is -0.432 e. The van der Waals surface area contributed by atoms with Gasteiger partial charge in [0.05, 0.1) is 5.57 Å². The van der Waals surface area contributed by atoms with Gasteiger partial charge in [0.2, 0.25) is 12.2 Å². The molecule has 0 heterocycles. The number of hydrogen-bond donors (Lipinski definition) is 2. The zero-order valence-corrected chi connectivity index (χ0v) is 7.95. The zero-order valence-electron chi connectivity index (χ0n) is 7.95. The Morgan fingerprint density at radius 1 is 1.43 bits per heavy atom. The number of primary amides is 1. The topological polar surface area (TPSA) is 89.6 Å². The van der Waals surface area contributed by atoms with E-state index in [2.05, 4.69) is 17.9 Å². The molecule has 1 unspecified atom stereocenters. The highest BCUT2D eigenvalue weighted by atomic mass is 16.6. The second-order valence-corrected chi connectivity index (χ2v) is 2.59. The Balaban J connectivity index is 4.34. The summed E-state index contributed by atoms with van der Waals surface area (Å²) in [6.45, 7) is 8.16. The molecule has 78 valence electrons. The van der Waals surface area contributed by atoms with Crippen LogP contribution in [0.25, 0.3) is 0 Å². The Kier molecular flexibility index (Phi) is 4.58. The van der Waals surface area contributed by atoms with Crippen LogP contribution in [0, 0.1) is 0 Å². The van der Waals surface area contributed by atoms with E-state index in [0.717, 1.165) is 0 Å². The molecule has 1 amide bonds. The fraction of sp³-hybridized carbons (Fsp3) is 0.333. The van der Waals surface area contributed by atoms with Gasteiger partial charge in [0.1, 0.15) is 0 Å². The van der Waals surface area contributed by atoms with Gasteiger partial charge in [-0.3, -0.25) is 4.79 Å². The van der Waals surface area contributed by atoms with Gasteiger partial charge in [-0.2, -0.15) is 0 Å². The number of aliphatic hydroxyl groups is 1. The first-order valence-corrected chi connectivity index (χ1v) is 3.97. The standard InChI is InChI=1S/C9H13NO4/c1-4-7(11)14-9(13)6(3)5(2)8(10)12/h7,11H,2-4H2,1H3,(H2,10,12). The van der Waals surface area contributed by atoms with Crippen LogP contribution in [0.4, 0.5) is 0 Å². The Labute approximate surface area is 81.9 Å². The van der Waals surface area contributed by atoms with Gasteiger partial charge >= 0.3 is 5.97 Å². The van der Waals surface area contributed by atoms with Crippen LogP contribution in [0.5, 0.6) is 0 Å². The highest BCUT2D eigenvalue weighted by molar-refractivity contribution is 6.07. The summed E-state index contributed by atoms with van der Waals surface area (Å²) < 4.78 is 4.48. The van der Waals surface area contributed by atoms with Crippen LogP contribution in [0.2, 0.25) is 0 Å². The van der Waals surface area contributed by atoms with Crippen molar-refractivity contribution in [1.82, 2.24) is 0 Å². The van der Waals surface area contributed by atoms with Crippen LogP contribution in [0.3, 0.4) is 0 Å². The molecule has 0 aliphatic rings. The fourth-order valence-corrected chi connectivity index (χ4v) is 0.550.